The summed E-state index contributed by atoms with van der Waals surface area (Å²) in [4.78, 5) is 22.8. The zero-order chi connectivity index (χ0) is 28.8. The summed E-state index contributed by atoms with van der Waals surface area (Å²) >= 11 is 15.7. The highest BCUT2D eigenvalue weighted by Gasteiger charge is 2.31. The van der Waals surface area contributed by atoms with Crippen LogP contribution in [0.3, 0.4) is 0 Å². The Labute approximate surface area is 251 Å². The first-order valence-corrected chi connectivity index (χ1v) is 12.9. The maximum atomic E-state index is 12.7. The molecular formula is C24H14Cl2F3I2NO6. The minimum Gasteiger partial charge on any atom is -0.506 e. The number of aliphatic carboxylic acids is 1. The minimum absolute atomic E-state index is 0.0246. The Kier molecular flexibility index (Phi) is 11.3. The van der Waals surface area contributed by atoms with Gasteiger partial charge >= 0.3 is 18.1 Å². The number of nitriles is 1. The van der Waals surface area contributed by atoms with E-state index in [-0.39, 0.29) is 32.9 Å². The number of carboxylic acid groups (broad SMARTS) is 1. The van der Waals surface area contributed by atoms with Gasteiger partial charge in [-0.2, -0.15) is 18.4 Å². The largest absolute Gasteiger partial charge is 0.506 e. The van der Waals surface area contributed by atoms with E-state index in [1.165, 1.54) is 12.1 Å². The number of ether oxygens (including phenoxy) is 2. The lowest BCUT2D eigenvalue weighted by Gasteiger charge is -2.13. The number of aromatic hydroxyl groups is 1. The lowest BCUT2D eigenvalue weighted by atomic mass is 10.2. The molecule has 0 aliphatic rings. The molecule has 0 saturated carbocycles. The molecule has 0 saturated heterocycles. The van der Waals surface area contributed by atoms with Crippen LogP contribution in [0.15, 0.2) is 48.5 Å². The molecule has 0 spiro atoms. The molecule has 0 heterocycles. The summed E-state index contributed by atoms with van der Waals surface area (Å²) in [7, 11) is 0. The smallest absolute Gasteiger partial charge is 0.416 e. The zero-order valence-corrected chi connectivity index (χ0v) is 24.6. The quantitative estimate of drug-likeness (QED) is 0.199. The number of alkyl halides is 3. The predicted octanol–water partition coefficient (Wildman–Crippen LogP) is 7.91. The van der Waals surface area contributed by atoms with Crippen LogP contribution in [0.4, 0.5) is 13.2 Å². The van der Waals surface area contributed by atoms with Crippen molar-refractivity contribution < 1.29 is 42.4 Å². The van der Waals surface area contributed by atoms with Crippen LogP contribution in [0.1, 0.15) is 28.4 Å². The van der Waals surface area contributed by atoms with Crippen LogP contribution in [0.2, 0.25) is 10.0 Å². The van der Waals surface area contributed by atoms with Crippen molar-refractivity contribution in [3.8, 4) is 23.3 Å². The highest BCUT2D eigenvalue weighted by atomic mass is 127. The number of phenolic OH excluding ortho intramolecular Hbond substituents is 1. The van der Waals surface area contributed by atoms with Crippen molar-refractivity contribution in [1.29, 1.82) is 5.26 Å². The number of carbonyl (C=O) groups excluding carboxylic acids is 1. The van der Waals surface area contributed by atoms with Crippen LogP contribution < -0.4 is 4.74 Å². The molecule has 3 rings (SSSR count). The van der Waals surface area contributed by atoms with E-state index in [2.05, 4.69) is 0 Å². The van der Waals surface area contributed by atoms with Gasteiger partial charge in [0.25, 0.3) is 0 Å². The molecule has 0 unspecified atom stereocenters. The number of carboxylic acids is 1. The van der Waals surface area contributed by atoms with Gasteiger partial charge in [-0.3, -0.25) is 0 Å². The third-order valence-electron chi connectivity index (χ3n) is 4.42. The van der Waals surface area contributed by atoms with E-state index in [1.54, 1.807) is 12.1 Å². The van der Waals surface area contributed by atoms with Gasteiger partial charge in [0.2, 0.25) is 0 Å². The van der Waals surface area contributed by atoms with Crippen LogP contribution in [0.25, 0.3) is 0 Å². The molecule has 1 atom stereocenters. The fourth-order valence-corrected chi connectivity index (χ4v) is 4.70. The molecule has 0 amide bonds. The highest BCUT2D eigenvalue weighted by Crippen LogP contribution is 2.37. The molecular weight excluding hydrogens is 780 g/mol. The maximum absolute atomic E-state index is 12.7. The van der Waals surface area contributed by atoms with Gasteiger partial charge in [0.1, 0.15) is 17.2 Å². The van der Waals surface area contributed by atoms with Gasteiger partial charge in [-0.1, -0.05) is 23.2 Å². The summed E-state index contributed by atoms with van der Waals surface area (Å²) in [6.07, 6.45) is -5.96. The van der Waals surface area contributed by atoms with E-state index in [0.29, 0.717) is 18.8 Å². The molecule has 38 heavy (non-hydrogen) atoms. The van der Waals surface area contributed by atoms with Crippen LogP contribution in [-0.2, 0) is 15.7 Å². The van der Waals surface area contributed by atoms with Crippen LogP contribution in [0.5, 0.6) is 17.2 Å². The molecule has 0 aromatic heterocycles. The molecule has 200 valence electrons. The monoisotopic (exact) mass is 793 g/mol. The van der Waals surface area contributed by atoms with Crippen molar-refractivity contribution >= 4 is 80.3 Å². The van der Waals surface area contributed by atoms with Gasteiger partial charge in [0, 0.05) is 0 Å². The average Bonchev–Trinajstić information content (AvgIpc) is 2.84. The van der Waals surface area contributed by atoms with E-state index < -0.39 is 29.8 Å². The van der Waals surface area contributed by atoms with Crippen molar-refractivity contribution in [1.82, 2.24) is 0 Å². The summed E-state index contributed by atoms with van der Waals surface area (Å²) in [6.45, 7) is 1.16. The summed E-state index contributed by atoms with van der Waals surface area (Å²) < 4.78 is 49.6. The first-order valence-electron chi connectivity index (χ1n) is 10.00. The Balaban J connectivity index is 0.000000384. The second-order valence-electron chi connectivity index (χ2n) is 7.17. The van der Waals surface area contributed by atoms with E-state index in [1.807, 2.05) is 51.3 Å². The van der Waals surface area contributed by atoms with E-state index in [0.717, 1.165) is 25.1 Å². The zero-order valence-electron chi connectivity index (χ0n) is 18.8. The Hall–Kier alpha value is -2.48. The molecule has 7 nitrogen and oxygen atoms in total. The van der Waals surface area contributed by atoms with Crippen molar-refractivity contribution in [2.24, 2.45) is 0 Å². The fourth-order valence-electron chi connectivity index (χ4n) is 2.52. The molecule has 3 aromatic rings. The topological polar surface area (TPSA) is 117 Å². The fraction of sp³-hybridized carbons (Fsp3) is 0.125. The number of hydrogen-bond donors (Lipinski definition) is 2. The first-order chi connectivity index (χ1) is 17.6. The molecule has 2 N–H and O–H groups in total. The standard InChI is InChI=1S/C17H11Cl2F3O5.C7H3I2NO/c1-8(15(23)24)26-16(25)11-7-10(3-4-12(11)18)27-14-5-2-9(6-13(14)19)17(20,21)22;8-5-1-4(3-10)2-6(9)7(5)11/h2-8H,1H3,(H,23,24);1-2,11H/t8-;/m0./s1. The van der Waals surface area contributed by atoms with E-state index in [9.17, 15) is 27.9 Å². The number of halogens is 7. The Bertz CT molecular complexity index is 1390. The Morgan fingerprint density at radius 3 is 2.13 bits per heavy atom. The molecule has 14 heteroatoms. The van der Waals surface area contributed by atoms with E-state index in [4.69, 9.17) is 43.0 Å². The summed E-state index contributed by atoms with van der Waals surface area (Å²) in [5.74, 6) is -2.13. The molecule has 0 aliphatic heterocycles. The third kappa shape index (κ3) is 8.79. The van der Waals surface area contributed by atoms with Gasteiger partial charge in [0.05, 0.1) is 39.9 Å². The maximum Gasteiger partial charge on any atom is 0.416 e. The van der Waals surface area contributed by atoms with Crippen LogP contribution in [0, 0.1) is 18.5 Å². The Morgan fingerprint density at radius 1 is 1.03 bits per heavy atom. The third-order valence-corrected chi connectivity index (χ3v) is 6.69. The minimum atomic E-state index is -4.56. The molecule has 0 aliphatic carbocycles. The second-order valence-corrected chi connectivity index (χ2v) is 10.3. The lowest BCUT2D eigenvalue weighted by Crippen LogP contribution is -2.23. The van der Waals surface area contributed by atoms with Crippen LogP contribution >= 0.6 is 68.4 Å². The molecule has 0 bridgehead atoms. The van der Waals surface area contributed by atoms with Crippen molar-refractivity contribution in [3.05, 3.63) is 82.4 Å². The summed E-state index contributed by atoms with van der Waals surface area (Å²) in [6, 6.07) is 11.6. The molecule has 3 aromatic carbocycles. The van der Waals surface area contributed by atoms with Gasteiger partial charge in [-0.15, -0.1) is 0 Å². The normalized spacial score (nSPS) is 11.4. The second kappa shape index (κ2) is 13.5. The van der Waals surface area contributed by atoms with E-state index >= 15 is 0 Å². The van der Waals surface area contributed by atoms with Gasteiger partial charge in [-0.25, -0.2) is 9.59 Å². The predicted molar refractivity (Wildman–Crippen MR) is 149 cm³/mol. The SMILES string of the molecule is C[C@H](OC(=O)c1cc(Oc2ccc(C(F)(F)F)cc2Cl)ccc1Cl)C(=O)O.N#Cc1cc(I)c(O)c(I)c1. The van der Waals surface area contributed by atoms with Gasteiger partial charge in [0.15, 0.2) is 6.10 Å². The van der Waals surface area contributed by atoms with Crippen LogP contribution in [-0.4, -0.2) is 28.3 Å². The Morgan fingerprint density at radius 2 is 1.63 bits per heavy atom. The first kappa shape index (κ1) is 31.7. The number of esters is 1. The summed E-state index contributed by atoms with van der Waals surface area (Å²) in [5.41, 5.74) is -0.537. The molecule has 0 radical (unpaired) electrons. The van der Waals surface area contributed by atoms with Crippen molar-refractivity contribution in [2.75, 3.05) is 0 Å². The van der Waals surface area contributed by atoms with Gasteiger partial charge < -0.3 is 19.7 Å². The summed E-state index contributed by atoms with van der Waals surface area (Å²) in [5, 5.41) is 26.3. The molecule has 0 fully saturated rings. The average molecular weight is 794 g/mol. The number of phenols is 1. The lowest BCUT2D eigenvalue weighted by molar-refractivity contribution is -0.146. The highest BCUT2D eigenvalue weighted by molar-refractivity contribution is 14.1. The van der Waals surface area contributed by atoms with Crippen molar-refractivity contribution in [2.45, 2.75) is 19.2 Å². The number of hydrogen-bond acceptors (Lipinski definition) is 6. The number of nitrogens with zero attached hydrogens (tertiary/aromatic N) is 1. The van der Waals surface area contributed by atoms with Gasteiger partial charge in [-0.05, 0) is 101 Å². The number of rotatable bonds is 5. The number of benzene rings is 3. The van der Waals surface area contributed by atoms with Crippen molar-refractivity contribution in [3.63, 3.8) is 0 Å². The number of carbonyl (C=O) groups is 2.